The van der Waals surface area contributed by atoms with Crippen LogP contribution in [0, 0.1) is 17.2 Å². The molecule has 0 aliphatic heterocycles. The highest BCUT2D eigenvalue weighted by Crippen LogP contribution is 2.31. The van der Waals surface area contributed by atoms with Crippen molar-refractivity contribution in [2.24, 2.45) is 5.92 Å². The van der Waals surface area contributed by atoms with Crippen LogP contribution in [-0.4, -0.2) is 36.4 Å². The number of rotatable bonds is 9. The van der Waals surface area contributed by atoms with Crippen LogP contribution in [0.5, 0.6) is 11.5 Å². The Labute approximate surface area is 180 Å². The van der Waals surface area contributed by atoms with Crippen molar-refractivity contribution in [3.63, 3.8) is 0 Å². The summed E-state index contributed by atoms with van der Waals surface area (Å²) >= 11 is 12.0. The first-order chi connectivity index (χ1) is 13.8. The number of nitrogens with zero attached hydrogens (tertiary/aromatic N) is 1. The Morgan fingerprint density at radius 1 is 1.17 bits per heavy atom. The van der Waals surface area contributed by atoms with Gasteiger partial charge in [0.05, 0.1) is 10.6 Å². The quantitative estimate of drug-likeness (QED) is 0.622. The zero-order valence-electron chi connectivity index (χ0n) is 16.1. The maximum absolute atomic E-state index is 12.6. The van der Waals surface area contributed by atoms with E-state index in [1.54, 1.807) is 42.5 Å². The average Bonchev–Trinajstić information content (AvgIpc) is 2.71. The maximum Gasteiger partial charge on any atom is 0.261 e. The molecule has 29 heavy (non-hydrogen) atoms. The molecule has 2 aromatic carbocycles. The third-order valence-electron chi connectivity index (χ3n) is 3.98. The van der Waals surface area contributed by atoms with Gasteiger partial charge in [0, 0.05) is 6.54 Å². The SMILES string of the molecule is CC(C)C(Oc1ccccc1C#N)C(=O)NCC(O)COc1cccc(Cl)c1Cl. The molecule has 0 aromatic heterocycles. The number of nitrogens with one attached hydrogen (secondary N) is 1. The molecule has 2 atom stereocenters. The normalized spacial score (nSPS) is 12.7. The van der Waals surface area contributed by atoms with Gasteiger partial charge in [0.15, 0.2) is 6.10 Å². The summed E-state index contributed by atoms with van der Waals surface area (Å²) in [6.07, 6.45) is -1.78. The summed E-state index contributed by atoms with van der Waals surface area (Å²) in [5.74, 6) is 0.136. The van der Waals surface area contributed by atoms with E-state index in [9.17, 15) is 15.2 Å². The van der Waals surface area contributed by atoms with E-state index >= 15 is 0 Å². The van der Waals surface area contributed by atoms with Gasteiger partial charge in [-0.15, -0.1) is 0 Å². The van der Waals surface area contributed by atoms with Crippen LogP contribution in [0.3, 0.4) is 0 Å². The molecule has 0 saturated heterocycles. The average molecular weight is 437 g/mol. The Morgan fingerprint density at radius 2 is 1.86 bits per heavy atom. The predicted molar refractivity (Wildman–Crippen MR) is 111 cm³/mol. The number of carbonyl (C=O) groups is 1. The third-order valence-corrected chi connectivity index (χ3v) is 4.79. The number of para-hydroxylation sites is 1. The summed E-state index contributed by atoms with van der Waals surface area (Å²) in [7, 11) is 0. The van der Waals surface area contributed by atoms with Gasteiger partial charge in [-0.2, -0.15) is 5.26 Å². The fourth-order valence-corrected chi connectivity index (χ4v) is 2.80. The molecule has 2 unspecified atom stereocenters. The molecule has 0 aliphatic carbocycles. The van der Waals surface area contributed by atoms with Gasteiger partial charge in [0.1, 0.15) is 35.3 Å². The number of aliphatic hydroxyl groups excluding tert-OH is 1. The molecule has 2 N–H and O–H groups in total. The molecule has 8 heteroatoms. The van der Waals surface area contributed by atoms with Gasteiger partial charge >= 0.3 is 0 Å². The number of carbonyl (C=O) groups excluding carboxylic acids is 1. The fraction of sp³-hybridized carbons (Fsp3) is 0.333. The van der Waals surface area contributed by atoms with Crippen LogP contribution in [0.25, 0.3) is 0 Å². The lowest BCUT2D eigenvalue weighted by atomic mass is 10.1. The molecule has 0 aliphatic rings. The number of aliphatic hydroxyl groups is 1. The molecule has 0 saturated carbocycles. The Kier molecular flexibility index (Phi) is 8.59. The van der Waals surface area contributed by atoms with Crippen LogP contribution in [0.1, 0.15) is 19.4 Å². The maximum atomic E-state index is 12.6. The summed E-state index contributed by atoms with van der Waals surface area (Å²) in [4.78, 5) is 12.6. The highest BCUT2D eigenvalue weighted by molar-refractivity contribution is 6.42. The van der Waals surface area contributed by atoms with Crippen molar-refractivity contribution in [3.05, 3.63) is 58.1 Å². The van der Waals surface area contributed by atoms with E-state index in [4.69, 9.17) is 32.7 Å². The van der Waals surface area contributed by atoms with Crippen LogP contribution < -0.4 is 14.8 Å². The minimum atomic E-state index is -0.965. The Balaban J connectivity index is 1.91. The summed E-state index contributed by atoms with van der Waals surface area (Å²) in [6, 6.07) is 13.7. The molecule has 0 spiro atoms. The van der Waals surface area contributed by atoms with E-state index in [2.05, 4.69) is 5.32 Å². The lowest BCUT2D eigenvalue weighted by Gasteiger charge is -2.23. The first-order valence-corrected chi connectivity index (χ1v) is 9.77. The number of benzene rings is 2. The van der Waals surface area contributed by atoms with Gasteiger partial charge < -0.3 is 19.9 Å². The van der Waals surface area contributed by atoms with E-state index in [0.717, 1.165) is 0 Å². The zero-order chi connectivity index (χ0) is 21.4. The largest absolute Gasteiger partial charge is 0.489 e. The van der Waals surface area contributed by atoms with Crippen LogP contribution in [0.2, 0.25) is 10.0 Å². The minimum absolute atomic E-state index is 0.0382. The first kappa shape index (κ1) is 22.8. The fourth-order valence-electron chi connectivity index (χ4n) is 2.45. The van der Waals surface area contributed by atoms with Gasteiger partial charge in [-0.1, -0.05) is 55.2 Å². The molecule has 1 amide bonds. The number of amides is 1. The van der Waals surface area contributed by atoms with Crippen molar-refractivity contribution in [1.82, 2.24) is 5.32 Å². The van der Waals surface area contributed by atoms with E-state index in [0.29, 0.717) is 22.1 Å². The van der Waals surface area contributed by atoms with Crippen LogP contribution in [-0.2, 0) is 4.79 Å². The lowest BCUT2D eigenvalue weighted by molar-refractivity contribution is -0.130. The van der Waals surface area contributed by atoms with Gasteiger partial charge in [0.25, 0.3) is 5.91 Å². The Hall–Kier alpha value is -2.46. The molecule has 154 valence electrons. The summed E-state index contributed by atoms with van der Waals surface area (Å²) in [5.41, 5.74) is 0.345. The van der Waals surface area contributed by atoms with Crippen LogP contribution in [0.4, 0.5) is 0 Å². The second kappa shape index (κ2) is 10.9. The monoisotopic (exact) mass is 436 g/mol. The molecule has 2 rings (SSSR count). The van der Waals surface area contributed by atoms with Crippen molar-refractivity contribution in [2.45, 2.75) is 26.1 Å². The van der Waals surface area contributed by atoms with Crippen LogP contribution >= 0.6 is 23.2 Å². The smallest absolute Gasteiger partial charge is 0.261 e. The molecule has 2 aromatic rings. The minimum Gasteiger partial charge on any atom is -0.489 e. The zero-order valence-corrected chi connectivity index (χ0v) is 17.6. The Morgan fingerprint density at radius 3 is 2.55 bits per heavy atom. The molecule has 0 fully saturated rings. The van der Waals surface area contributed by atoms with Crippen molar-refractivity contribution in [3.8, 4) is 17.6 Å². The molecular formula is C21H22Cl2N2O4. The molecule has 0 bridgehead atoms. The number of ether oxygens (including phenoxy) is 2. The lowest BCUT2D eigenvalue weighted by Crippen LogP contribution is -2.45. The third kappa shape index (κ3) is 6.53. The topological polar surface area (TPSA) is 91.6 Å². The highest BCUT2D eigenvalue weighted by atomic mass is 35.5. The predicted octanol–water partition coefficient (Wildman–Crippen LogP) is 3.82. The van der Waals surface area contributed by atoms with E-state index < -0.39 is 18.1 Å². The number of hydrogen-bond donors (Lipinski definition) is 2. The van der Waals surface area contributed by atoms with E-state index in [1.165, 1.54) is 0 Å². The van der Waals surface area contributed by atoms with Gasteiger partial charge in [0.2, 0.25) is 0 Å². The first-order valence-electron chi connectivity index (χ1n) is 9.01. The summed E-state index contributed by atoms with van der Waals surface area (Å²) in [5, 5.41) is 22.5. The van der Waals surface area contributed by atoms with Gasteiger partial charge in [-0.05, 0) is 30.2 Å². The van der Waals surface area contributed by atoms with Crippen molar-refractivity contribution < 1.29 is 19.4 Å². The van der Waals surface area contributed by atoms with Crippen LogP contribution in [0.15, 0.2) is 42.5 Å². The van der Waals surface area contributed by atoms with Crippen molar-refractivity contribution >= 4 is 29.1 Å². The van der Waals surface area contributed by atoms with Gasteiger partial charge in [-0.25, -0.2) is 0 Å². The second-order valence-corrected chi connectivity index (χ2v) is 7.44. The van der Waals surface area contributed by atoms with Crippen molar-refractivity contribution in [1.29, 1.82) is 5.26 Å². The highest BCUT2D eigenvalue weighted by Gasteiger charge is 2.25. The summed E-state index contributed by atoms with van der Waals surface area (Å²) in [6.45, 7) is 3.55. The standard InChI is InChI=1S/C21H22Cl2N2O4/c1-13(2)20(29-17-8-4-3-6-14(17)10-24)21(27)25-11-15(26)12-28-18-9-5-7-16(22)19(18)23/h3-9,13,15,20,26H,11-12H2,1-2H3,(H,25,27). The molecule has 0 heterocycles. The number of halogens is 2. The second-order valence-electron chi connectivity index (χ2n) is 6.65. The molecular weight excluding hydrogens is 415 g/mol. The van der Waals surface area contributed by atoms with Gasteiger partial charge in [-0.3, -0.25) is 4.79 Å². The Bertz CT molecular complexity index is 883. The van der Waals surface area contributed by atoms with Crippen molar-refractivity contribution in [2.75, 3.05) is 13.2 Å². The summed E-state index contributed by atoms with van der Waals surface area (Å²) < 4.78 is 11.2. The number of hydrogen-bond acceptors (Lipinski definition) is 5. The molecule has 0 radical (unpaired) electrons. The molecule has 6 nitrogen and oxygen atoms in total. The van der Waals surface area contributed by atoms with E-state index in [1.807, 2.05) is 19.9 Å². The number of nitriles is 1. The van der Waals surface area contributed by atoms with E-state index in [-0.39, 0.29) is 24.1 Å².